The van der Waals surface area contributed by atoms with Crippen molar-refractivity contribution in [3.63, 3.8) is 0 Å². The topological polar surface area (TPSA) is 54.0 Å². The molecule has 0 bridgehead atoms. The highest BCUT2D eigenvalue weighted by atomic mass is 35.5. The second-order valence-corrected chi connectivity index (χ2v) is 6.09. The second-order valence-electron chi connectivity index (χ2n) is 5.69. The van der Waals surface area contributed by atoms with E-state index < -0.39 is 23.5 Å². The van der Waals surface area contributed by atoms with Crippen molar-refractivity contribution in [1.29, 1.82) is 0 Å². The third-order valence-corrected chi connectivity index (χ3v) is 3.97. The summed E-state index contributed by atoms with van der Waals surface area (Å²) in [4.78, 5) is 16.6. The highest BCUT2D eigenvalue weighted by Crippen LogP contribution is 2.31. The van der Waals surface area contributed by atoms with Crippen molar-refractivity contribution in [2.24, 2.45) is 0 Å². The Morgan fingerprint density at radius 2 is 1.79 bits per heavy atom. The molecule has 4 nitrogen and oxygen atoms in total. The fourth-order valence-electron chi connectivity index (χ4n) is 2.37. The predicted molar refractivity (Wildman–Crippen MR) is 98.3 cm³/mol. The molecule has 1 aromatic heterocycles. The normalized spacial score (nSPS) is 11.2. The van der Waals surface area contributed by atoms with Crippen LogP contribution >= 0.6 is 11.6 Å². The van der Waals surface area contributed by atoms with Crippen LogP contribution in [0.1, 0.15) is 15.9 Å². The number of carbonyl (C=O) groups is 1. The zero-order valence-corrected chi connectivity index (χ0v) is 14.8. The van der Waals surface area contributed by atoms with Crippen molar-refractivity contribution in [2.45, 2.75) is 6.18 Å². The molecule has 0 aliphatic heterocycles. The molecule has 3 aromatic rings. The van der Waals surface area contributed by atoms with Crippen LogP contribution in [0.25, 0.3) is 0 Å². The monoisotopic (exact) mass is 409 g/mol. The maximum Gasteiger partial charge on any atom is 0.416 e. The number of aromatic nitrogens is 1. The number of alkyl halides is 3. The minimum atomic E-state index is -4.52. The predicted octanol–water partition coefficient (Wildman–Crippen LogP) is 5.89. The van der Waals surface area contributed by atoms with E-state index in [4.69, 9.17) is 11.6 Å². The third kappa shape index (κ3) is 4.58. The molecule has 28 heavy (non-hydrogen) atoms. The average Bonchev–Trinajstić information content (AvgIpc) is 2.65. The maximum atomic E-state index is 13.3. The maximum absolute atomic E-state index is 13.3. The summed E-state index contributed by atoms with van der Waals surface area (Å²) in [5.74, 6) is -1.13. The van der Waals surface area contributed by atoms with Crippen LogP contribution in [0, 0.1) is 5.82 Å². The van der Waals surface area contributed by atoms with Crippen LogP contribution in [0.2, 0.25) is 5.02 Å². The highest BCUT2D eigenvalue weighted by Gasteiger charge is 2.30. The largest absolute Gasteiger partial charge is 0.416 e. The van der Waals surface area contributed by atoms with Crippen LogP contribution < -0.4 is 10.6 Å². The van der Waals surface area contributed by atoms with Gasteiger partial charge in [-0.2, -0.15) is 13.2 Å². The average molecular weight is 410 g/mol. The molecule has 0 saturated carbocycles. The van der Waals surface area contributed by atoms with E-state index in [-0.39, 0.29) is 22.1 Å². The van der Waals surface area contributed by atoms with E-state index in [1.165, 1.54) is 42.6 Å². The van der Waals surface area contributed by atoms with Crippen molar-refractivity contribution in [3.8, 4) is 0 Å². The lowest BCUT2D eigenvalue weighted by Gasteiger charge is -2.13. The molecule has 9 heteroatoms. The number of pyridine rings is 1. The van der Waals surface area contributed by atoms with Gasteiger partial charge in [0.15, 0.2) is 0 Å². The van der Waals surface area contributed by atoms with Gasteiger partial charge in [0.05, 0.1) is 16.1 Å². The summed E-state index contributed by atoms with van der Waals surface area (Å²) >= 11 is 5.73. The Morgan fingerprint density at radius 3 is 2.50 bits per heavy atom. The van der Waals surface area contributed by atoms with Gasteiger partial charge < -0.3 is 10.6 Å². The first-order valence-electron chi connectivity index (χ1n) is 7.90. The Kier molecular flexibility index (Phi) is 5.51. The van der Waals surface area contributed by atoms with Crippen LogP contribution in [0.3, 0.4) is 0 Å². The fourth-order valence-corrected chi connectivity index (χ4v) is 2.55. The van der Waals surface area contributed by atoms with Gasteiger partial charge in [-0.15, -0.1) is 0 Å². The summed E-state index contributed by atoms with van der Waals surface area (Å²) in [5, 5.41) is 5.14. The summed E-state index contributed by atoms with van der Waals surface area (Å²) in [6.45, 7) is 0. The fraction of sp³-hybridized carbons (Fsp3) is 0.0526. The Labute approximate surface area is 162 Å². The van der Waals surface area contributed by atoms with Crippen LogP contribution in [-0.2, 0) is 6.18 Å². The molecule has 1 amide bonds. The van der Waals surface area contributed by atoms with Crippen molar-refractivity contribution in [1.82, 2.24) is 4.98 Å². The van der Waals surface area contributed by atoms with Gasteiger partial charge >= 0.3 is 6.18 Å². The molecular weight excluding hydrogens is 398 g/mol. The number of halogens is 5. The minimum absolute atomic E-state index is 0.0144. The molecule has 0 unspecified atom stereocenters. The minimum Gasteiger partial charge on any atom is -0.340 e. The van der Waals surface area contributed by atoms with Crippen LogP contribution in [0.15, 0.2) is 60.8 Å². The zero-order chi connectivity index (χ0) is 20.3. The van der Waals surface area contributed by atoms with Crippen molar-refractivity contribution < 1.29 is 22.4 Å². The summed E-state index contributed by atoms with van der Waals surface area (Å²) in [6, 6.07) is 11.1. The molecule has 0 radical (unpaired) electrons. The van der Waals surface area contributed by atoms with E-state index >= 15 is 0 Å². The Morgan fingerprint density at radius 1 is 1.00 bits per heavy atom. The molecule has 144 valence electrons. The van der Waals surface area contributed by atoms with E-state index in [9.17, 15) is 22.4 Å². The molecule has 0 atom stereocenters. The SMILES string of the molecule is O=C(Nc1cccc(C(F)(F)F)c1)c1cccnc1Nc1ccc(F)c(Cl)c1. The number of hydrogen-bond acceptors (Lipinski definition) is 3. The third-order valence-electron chi connectivity index (χ3n) is 3.68. The van der Waals surface area contributed by atoms with Gasteiger partial charge in [0.2, 0.25) is 0 Å². The number of benzene rings is 2. The van der Waals surface area contributed by atoms with E-state index in [0.717, 1.165) is 18.2 Å². The lowest BCUT2D eigenvalue weighted by atomic mass is 10.1. The molecule has 0 fully saturated rings. The van der Waals surface area contributed by atoms with Gasteiger partial charge in [0.1, 0.15) is 11.6 Å². The molecule has 2 aromatic carbocycles. The van der Waals surface area contributed by atoms with E-state index in [1.54, 1.807) is 0 Å². The molecular formula is C19H12ClF4N3O. The smallest absolute Gasteiger partial charge is 0.340 e. The number of nitrogens with one attached hydrogen (secondary N) is 2. The lowest BCUT2D eigenvalue weighted by Crippen LogP contribution is -2.15. The molecule has 1 heterocycles. The summed E-state index contributed by atoms with van der Waals surface area (Å²) in [6.07, 6.45) is -3.10. The van der Waals surface area contributed by atoms with E-state index in [2.05, 4.69) is 15.6 Å². The van der Waals surface area contributed by atoms with E-state index in [0.29, 0.717) is 5.69 Å². The Bertz CT molecular complexity index is 1020. The van der Waals surface area contributed by atoms with Gasteiger partial charge in [-0.05, 0) is 48.5 Å². The summed E-state index contributed by atoms with van der Waals surface area (Å²) < 4.78 is 51.8. The van der Waals surface area contributed by atoms with Crippen LogP contribution in [-0.4, -0.2) is 10.9 Å². The number of rotatable bonds is 4. The van der Waals surface area contributed by atoms with Crippen molar-refractivity contribution >= 4 is 34.7 Å². The first kappa shape index (κ1) is 19.6. The second kappa shape index (κ2) is 7.85. The number of nitrogens with zero attached hydrogens (tertiary/aromatic N) is 1. The molecule has 2 N–H and O–H groups in total. The molecule has 3 rings (SSSR count). The number of anilines is 3. The number of amides is 1. The standard InChI is InChI=1S/C19H12ClF4N3O/c20-15-10-13(6-7-16(15)21)26-17-14(5-2-8-25-17)18(28)27-12-4-1-3-11(9-12)19(22,23)24/h1-10H,(H,25,26)(H,27,28). The van der Waals surface area contributed by atoms with Crippen LogP contribution in [0.5, 0.6) is 0 Å². The zero-order valence-electron chi connectivity index (χ0n) is 14.0. The van der Waals surface area contributed by atoms with Gasteiger partial charge in [0.25, 0.3) is 5.91 Å². The molecule has 0 spiro atoms. The van der Waals surface area contributed by atoms with Crippen molar-refractivity contribution in [2.75, 3.05) is 10.6 Å². The summed E-state index contributed by atoms with van der Waals surface area (Å²) in [7, 11) is 0. The highest BCUT2D eigenvalue weighted by molar-refractivity contribution is 6.31. The van der Waals surface area contributed by atoms with Gasteiger partial charge in [-0.3, -0.25) is 4.79 Å². The van der Waals surface area contributed by atoms with Gasteiger partial charge in [-0.1, -0.05) is 17.7 Å². The van der Waals surface area contributed by atoms with Crippen LogP contribution in [0.4, 0.5) is 34.8 Å². The Balaban J connectivity index is 1.84. The Hall–Kier alpha value is -3.13. The van der Waals surface area contributed by atoms with Gasteiger partial charge in [0, 0.05) is 17.6 Å². The first-order chi connectivity index (χ1) is 13.2. The molecule has 0 saturated heterocycles. The summed E-state index contributed by atoms with van der Waals surface area (Å²) in [5.41, 5.74) is -0.422. The first-order valence-corrected chi connectivity index (χ1v) is 8.27. The molecule has 0 aliphatic carbocycles. The van der Waals surface area contributed by atoms with E-state index in [1.807, 2.05) is 0 Å². The lowest BCUT2D eigenvalue weighted by molar-refractivity contribution is -0.137. The van der Waals surface area contributed by atoms with Crippen molar-refractivity contribution in [3.05, 3.63) is 82.8 Å². The molecule has 0 aliphatic rings. The number of carbonyl (C=O) groups excluding carboxylic acids is 1. The van der Waals surface area contributed by atoms with Gasteiger partial charge in [-0.25, -0.2) is 9.37 Å². The number of hydrogen-bond donors (Lipinski definition) is 2. The quantitative estimate of drug-likeness (QED) is 0.528.